The predicted molar refractivity (Wildman–Crippen MR) is 111 cm³/mol. The molecule has 4 nitrogen and oxygen atoms in total. The van der Waals surface area contributed by atoms with Crippen LogP contribution in [-0.4, -0.2) is 16.7 Å². The lowest BCUT2D eigenvalue weighted by Crippen LogP contribution is -2.28. The van der Waals surface area contributed by atoms with Gasteiger partial charge in [-0.3, -0.25) is 4.79 Å². The summed E-state index contributed by atoms with van der Waals surface area (Å²) in [6.45, 7) is 1.76. The lowest BCUT2D eigenvalue weighted by Gasteiger charge is -2.07. The van der Waals surface area contributed by atoms with Crippen molar-refractivity contribution in [2.45, 2.75) is 11.8 Å². The number of thiazole rings is 1. The highest BCUT2D eigenvalue weighted by Crippen LogP contribution is 2.32. The summed E-state index contributed by atoms with van der Waals surface area (Å²) in [5.41, 5.74) is 3.89. The van der Waals surface area contributed by atoms with E-state index in [4.69, 9.17) is 0 Å². The van der Waals surface area contributed by atoms with Crippen molar-refractivity contribution in [1.82, 2.24) is 10.3 Å². The van der Waals surface area contributed by atoms with Crippen molar-refractivity contribution in [3.8, 4) is 0 Å². The van der Waals surface area contributed by atoms with E-state index in [0.29, 0.717) is 22.0 Å². The molecule has 1 N–H and O–H groups in total. The van der Waals surface area contributed by atoms with E-state index < -0.39 is 0 Å². The summed E-state index contributed by atoms with van der Waals surface area (Å²) < 4.78 is 1.06. The average molecular weight is 377 g/mol. The standard InChI is InChI=1S/C20H15N3OS2/c1-12(22-16-8-9-17-18(19(16)25)21-11-26-17)23-20(24)15-7-6-13-4-2-3-5-14(13)10-15/h2-11,25H,1H3,(H,22,23,24). The fraction of sp³-hybridized carbons (Fsp3) is 0.0500. The Morgan fingerprint density at radius 3 is 2.77 bits per heavy atom. The van der Waals surface area contributed by atoms with Gasteiger partial charge in [0, 0.05) is 5.56 Å². The zero-order chi connectivity index (χ0) is 18.1. The van der Waals surface area contributed by atoms with E-state index in [1.165, 1.54) is 0 Å². The number of aliphatic imine (C=N–C) groups is 1. The summed E-state index contributed by atoms with van der Waals surface area (Å²) in [5, 5.41) is 4.97. The summed E-state index contributed by atoms with van der Waals surface area (Å²) >= 11 is 6.09. The van der Waals surface area contributed by atoms with Crippen LogP contribution in [0.15, 0.2) is 70.0 Å². The highest BCUT2D eigenvalue weighted by Gasteiger charge is 2.09. The maximum Gasteiger partial charge on any atom is 0.256 e. The number of nitrogens with one attached hydrogen (secondary N) is 1. The molecule has 128 valence electrons. The van der Waals surface area contributed by atoms with Gasteiger partial charge >= 0.3 is 0 Å². The predicted octanol–water partition coefficient (Wildman–Crippen LogP) is 5.22. The molecule has 0 bridgehead atoms. The molecule has 1 aromatic heterocycles. The van der Waals surface area contributed by atoms with Gasteiger partial charge in [0.2, 0.25) is 0 Å². The number of amides is 1. The van der Waals surface area contributed by atoms with Gasteiger partial charge in [-0.05, 0) is 42.0 Å². The molecule has 6 heteroatoms. The van der Waals surface area contributed by atoms with Crippen LogP contribution in [0.1, 0.15) is 17.3 Å². The minimum absolute atomic E-state index is 0.188. The molecule has 0 aliphatic heterocycles. The van der Waals surface area contributed by atoms with Gasteiger partial charge in [0.1, 0.15) is 5.84 Å². The molecule has 3 aromatic carbocycles. The average Bonchev–Trinajstić information content (AvgIpc) is 3.13. The SMILES string of the molecule is CC(=Nc1ccc2scnc2c1S)NC(=O)c1ccc2ccccc2c1. The van der Waals surface area contributed by atoms with Gasteiger partial charge < -0.3 is 5.32 Å². The van der Waals surface area contributed by atoms with Gasteiger partial charge in [0.05, 0.1) is 26.3 Å². The quantitative estimate of drug-likeness (QED) is 0.286. The number of rotatable bonds is 2. The van der Waals surface area contributed by atoms with E-state index >= 15 is 0 Å². The lowest BCUT2D eigenvalue weighted by molar-refractivity contribution is 0.0977. The fourth-order valence-corrected chi connectivity index (χ4v) is 3.84. The molecule has 0 fully saturated rings. The van der Waals surface area contributed by atoms with Crippen LogP contribution in [0.5, 0.6) is 0 Å². The third kappa shape index (κ3) is 3.21. The Morgan fingerprint density at radius 1 is 1.12 bits per heavy atom. The van der Waals surface area contributed by atoms with Crippen LogP contribution in [0.3, 0.4) is 0 Å². The monoisotopic (exact) mass is 377 g/mol. The van der Waals surface area contributed by atoms with Gasteiger partial charge in [0.15, 0.2) is 0 Å². The topological polar surface area (TPSA) is 54.4 Å². The smallest absolute Gasteiger partial charge is 0.256 e. The van der Waals surface area contributed by atoms with E-state index in [0.717, 1.165) is 21.0 Å². The third-order valence-corrected chi connectivity index (χ3v) is 5.28. The van der Waals surface area contributed by atoms with Crippen molar-refractivity contribution < 1.29 is 4.79 Å². The Balaban J connectivity index is 1.59. The second-order valence-corrected chi connectivity index (χ2v) is 7.18. The van der Waals surface area contributed by atoms with Gasteiger partial charge in [-0.1, -0.05) is 30.3 Å². The van der Waals surface area contributed by atoms with E-state index in [2.05, 4.69) is 27.9 Å². The number of amidine groups is 1. The number of benzene rings is 3. The first-order chi connectivity index (χ1) is 12.6. The second kappa shape index (κ2) is 6.90. The number of carbonyl (C=O) groups is 1. The number of thiol groups is 1. The minimum atomic E-state index is -0.188. The molecule has 0 saturated carbocycles. The Labute approximate surface area is 160 Å². The molecule has 0 unspecified atom stereocenters. The maximum atomic E-state index is 12.5. The Morgan fingerprint density at radius 2 is 1.92 bits per heavy atom. The van der Waals surface area contributed by atoms with Crippen LogP contribution in [0.4, 0.5) is 5.69 Å². The molecule has 0 radical (unpaired) electrons. The molecule has 1 amide bonds. The summed E-state index contributed by atoms with van der Waals surface area (Å²) in [4.78, 5) is 22.0. The minimum Gasteiger partial charge on any atom is -0.310 e. The fourth-order valence-electron chi connectivity index (χ4n) is 2.77. The van der Waals surface area contributed by atoms with Crippen molar-refractivity contribution in [2.75, 3.05) is 0 Å². The molecule has 0 spiro atoms. The molecule has 26 heavy (non-hydrogen) atoms. The third-order valence-electron chi connectivity index (χ3n) is 4.05. The molecule has 4 rings (SSSR count). The van der Waals surface area contributed by atoms with Gasteiger partial charge in [0.25, 0.3) is 5.91 Å². The van der Waals surface area contributed by atoms with E-state index in [1.54, 1.807) is 23.8 Å². The van der Waals surface area contributed by atoms with Crippen LogP contribution < -0.4 is 5.32 Å². The van der Waals surface area contributed by atoms with Crippen LogP contribution >= 0.6 is 24.0 Å². The zero-order valence-electron chi connectivity index (χ0n) is 13.9. The molecule has 0 saturated heterocycles. The van der Waals surface area contributed by atoms with E-state index in [-0.39, 0.29) is 5.91 Å². The summed E-state index contributed by atoms with van der Waals surface area (Å²) in [6, 6.07) is 17.4. The van der Waals surface area contributed by atoms with Crippen LogP contribution in [0.25, 0.3) is 21.0 Å². The van der Waals surface area contributed by atoms with Crippen molar-refractivity contribution in [1.29, 1.82) is 0 Å². The van der Waals surface area contributed by atoms with Crippen LogP contribution in [0.2, 0.25) is 0 Å². The Bertz CT molecular complexity index is 1160. The Hall–Kier alpha value is -2.70. The zero-order valence-corrected chi connectivity index (χ0v) is 15.6. The second-order valence-electron chi connectivity index (χ2n) is 5.85. The molecule has 0 aliphatic rings. The number of nitrogens with zero attached hydrogens (tertiary/aromatic N) is 2. The van der Waals surface area contributed by atoms with Gasteiger partial charge in [-0.2, -0.15) is 0 Å². The molecule has 1 heterocycles. The van der Waals surface area contributed by atoms with Crippen LogP contribution in [0, 0.1) is 0 Å². The first kappa shape index (κ1) is 16.8. The summed E-state index contributed by atoms with van der Waals surface area (Å²) in [5.74, 6) is 0.320. The van der Waals surface area contributed by atoms with Crippen molar-refractivity contribution in [3.05, 3.63) is 65.7 Å². The van der Waals surface area contributed by atoms with Crippen molar-refractivity contribution >= 4 is 62.4 Å². The van der Waals surface area contributed by atoms with Gasteiger partial charge in [-0.25, -0.2) is 9.98 Å². The van der Waals surface area contributed by atoms with Crippen molar-refractivity contribution in [2.24, 2.45) is 4.99 Å². The normalized spacial score (nSPS) is 11.8. The number of carbonyl (C=O) groups excluding carboxylic acids is 1. The highest BCUT2D eigenvalue weighted by atomic mass is 32.1. The molecular weight excluding hydrogens is 362 g/mol. The highest BCUT2D eigenvalue weighted by molar-refractivity contribution is 7.80. The largest absolute Gasteiger partial charge is 0.310 e. The van der Waals surface area contributed by atoms with Crippen molar-refractivity contribution in [3.63, 3.8) is 0 Å². The lowest BCUT2D eigenvalue weighted by atomic mass is 10.1. The molecule has 0 aliphatic carbocycles. The molecular formula is C20H15N3OS2. The Kier molecular flexibility index (Phi) is 4.44. The first-order valence-electron chi connectivity index (χ1n) is 8.02. The first-order valence-corrected chi connectivity index (χ1v) is 9.35. The summed E-state index contributed by atoms with van der Waals surface area (Å²) in [6.07, 6.45) is 0. The molecule has 0 atom stereocenters. The number of hydrogen-bond acceptors (Lipinski definition) is 5. The van der Waals surface area contributed by atoms with E-state index in [9.17, 15) is 4.79 Å². The van der Waals surface area contributed by atoms with E-state index in [1.807, 2.05) is 54.6 Å². The number of fused-ring (bicyclic) bond motifs is 2. The molecule has 4 aromatic rings. The van der Waals surface area contributed by atoms with Crippen LogP contribution in [-0.2, 0) is 0 Å². The number of aromatic nitrogens is 1. The maximum absolute atomic E-state index is 12.5. The number of hydrogen-bond donors (Lipinski definition) is 2. The van der Waals surface area contributed by atoms with Gasteiger partial charge in [-0.15, -0.1) is 24.0 Å². The summed E-state index contributed by atoms with van der Waals surface area (Å²) in [7, 11) is 0.